The zero-order valence-electron chi connectivity index (χ0n) is 13.6. The second kappa shape index (κ2) is 6.65. The van der Waals surface area contributed by atoms with Gasteiger partial charge in [0.25, 0.3) is 5.91 Å². The normalized spacial score (nSPS) is 20.0. The van der Waals surface area contributed by atoms with Gasteiger partial charge in [0.05, 0.1) is 0 Å². The van der Waals surface area contributed by atoms with Gasteiger partial charge in [0.1, 0.15) is 11.4 Å². The van der Waals surface area contributed by atoms with Crippen LogP contribution in [0, 0.1) is 0 Å². The van der Waals surface area contributed by atoms with Crippen LogP contribution in [-0.4, -0.2) is 23.0 Å². The van der Waals surface area contributed by atoms with E-state index in [1.807, 2.05) is 37.3 Å². The van der Waals surface area contributed by atoms with Gasteiger partial charge in [-0.15, -0.1) is 0 Å². The number of halogens is 1. The summed E-state index contributed by atoms with van der Waals surface area (Å²) in [4.78, 5) is 19.3. The first-order chi connectivity index (χ1) is 11.5. The number of aromatic nitrogens is 1. The van der Waals surface area contributed by atoms with Crippen LogP contribution in [0.5, 0.6) is 0 Å². The van der Waals surface area contributed by atoms with Gasteiger partial charge in [-0.2, -0.15) is 0 Å². The molecule has 0 radical (unpaired) electrons. The van der Waals surface area contributed by atoms with Crippen LogP contribution in [0.2, 0.25) is 5.02 Å². The fraction of sp³-hybridized carbons (Fsp3) is 0.263. The van der Waals surface area contributed by atoms with E-state index in [-0.39, 0.29) is 5.91 Å². The summed E-state index contributed by atoms with van der Waals surface area (Å²) in [5.74, 6) is 0.503. The molecule has 1 aromatic carbocycles. The fourth-order valence-corrected chi connectivity index (χ4v) is 3.21. The molecule has 1 fully saturated rings. The van der Waals surface area contributed by atoms with Crippen molar-refractivity contribution < 1.29 is 4.79 Å². The maximum Gasteiger partial charge on any atom is 0.251 e. The van der Waals surface area contributed by atoms with E-state index in [0.717, 1.165) is 30.6 Å². The predicted molar refractivity (Wildman–Crippen MR) is 99.4 cm³/mol. The number of amides is 1. The molecule has 1 aromatic heterocycles. The van der Waals surface area contributed by atoms with Crippen LogP contribution < -0.4 is 10.2 Å². The maximum atomic E-state index is 12.9. The lowest BCUT2D eigenvalue weighted by Gasteiger charge is -2.35. The molecule has 5 heteroatoms. The number of carbonyl (C=O) groups excluding carboxylic acids is 1. The summed E-state index contributed by atoms with van der Waals surface area (Å²) in [5, 5.41) is 3.63. The number of hydrogen-bond donors (Lipinski definition) is 1. The minimum atomic E-state index is -0.605. The molecule has 0 bridgehead atoms. The number of carbonyl (C=O) groups is 1. The van der Waals surface area contributed by atoms with Crippen molar-refractivity contribution in [1.29, 1.82) is 0 Å². The molecule has 24 heavy (non-hydrogen) atoms. The second-order valence-corrected chi connectivity index (χ2v) is 6.58. The number of pyridine rings is 1. The summed E-state index contributed by atoms with van der Waals surface area (Å²) in [7, 11) is 0. The molecule has 0 saturated carbocycles. The molecule has 2 aromatic rings. The smallest absolute Gasteiger partial charge is 0.251 e. The molecule has 1 atom stereocenters. The summed E-state index contributed by atoms with van der Waals surface area (Å²) >= 11 is 5.97. The fourth-order valence-electron chi connectivity index (χ4n) is 3.09. The highest BCUT2D eigenvalue weighted by Gasteiger charge is 2.43. The molecule has 1 saturated heterocycles. The number of hydrogen-bond acceptors (Lipinski definition) is 3. The summed E-state index contributed by atoms with van der Waals surface area (Å²) in [6.45, 7) is 6.52. The van der Waals surface area contributed by atoms with E-state index in [1.54, 1.807) is 18.3 Å². The van der Waals surface area contributed by atoms with Crippen LogP contribution in [0.25, 0.3) is 6.08 Å². The highest BCUT2D eigenvalue weighted by molar-refractivity contribution is 6.30. The Hall–Kier alpha value is -2.33. The number of benzene rings is 1. The Morgan fingerprint density at radius 2 is 2.08 bits per heavy atom. The van der Waals surface area contributed by atoms with Gasteiger partial charge in [0, 0.05) is 23.5 Å². The lowest BCUT2D eigenvalue weighted by atomic mass is 9.97. The van der Waals surface area contributed by atoms with Crippen molar-refractivity contribution in [3.05, 3.63) is 59.8 Å². The van der Waals surface area contributed by atoms with E-state index in [2.05, 4.69) is 21.8 Å². The van der Waals surface area contributed by atoms with Crippen LogP contribution in [0.1, 0.15) is 25.3 Å². The van der Waals surface area contributed by atoms with Crippen molar-refractivity contribution in [2.24, 2.45) is 0 Å². The number of rotatable bonds is 4. The molecule has 0 aliphatic carbocycles. The third-order valence-electron chi connectivity index (χ3n) is 4.53. The van der Waals surface area contributed by atoms with E-state index in [4.69, 9.17) is 11.6 Å². The quantitative estimate of drug-likeness (QED) is 0.897. The van der Waals surface area contributed by atoms with Crippen LogP contribution >= 0.6 is 11.6 Å². The molecular formula is C19H20ClN3O. The van der Waals surface area contributed by atoms with Gasteiger partial charge >= 0.3 is 0 Å². The predicted octanol–water partition coefficient (Wildman–Crippen LogP) is 4.38. The lowest BCUT2D eigenvalue weighted by molar-refractivity contribution is -0.120. The van der Waals surface area contributed by atoms with Crippen LogP contribution in [-0.2, 0) is 4.79 Å². The number of nitrogens with zero attached hydrogens (tertiary/aromatic N) is 2. The summed E-state index contributed by atoms with van der Waals surface area (Å²) in [6.07, 6.45) is 5.18. The number of anilines is 2. The van der Waals surface area contributed by atoms with Gasteiger partial charge in [-0.1, -0.05) is 24.3 Å². The van der Waals surface area contributed by atoms with E-state index >= 15 is 0 Å². The highest BCUT2D eigenvalue weighted by Crippen LogP contribution is 2.35. The van der Waals surface area contributed by atoms with Crippen LogP contribution in [0.4, 0.5) is 11.5 Å². The zero-order valence-corrected chi connectivity index (χ0v) is 14.4. The Balaban J connectivity index is 1.80. The average Bonchev–Trinajstić information content (AvgIpc) is 2.99. The molecule has 0 spiro atoms. The molecule has 1 N–H and O–H groups in total. The van der Waals surface area contributed by atoms with Gasteiger partial charge in [0.15, 0.2) is 0 Å². The Morgan fingerprint density at radius 3 is 2.71 bits per heavy atom. The monoisotopic (exact) mass is 341 g/mol. The highest BCUT2D eigenvalue weighted by atomic mass is 35.5. The third-order valence-corrected chi connectivity index (χ3v) is 4.78. The molecular weight excluding hydrogens is 322 g/mol. The SMILES string of the molecule is C=Cc1ccc(NC(=O)C2(C)CCCN2c2ccc(Cl)cc2)nc1. The topological polar surface area (TPSA) is 45.2 Å². The van der Waals surface area contributed by atoms with E-state index in [0.29, 0.717) is 10.8 Å². The molecule has 1 unspecified atom stereocenters. The lowest BCUT2D eigenvalue weighted by Crippen LogP contribution is -2.51. The Labute approximate surface area is 147 Å². The first-order valence-electron chi connectivity index (χ1n) is 7.96. The van der Waals surface area contributed by atoms with E-state index < -0.39 is 5.54 Å². The summed E-state index contributed by atoms with van der Waals surface area (Å²) in [5.41, 5.74) is 1.32. The van der Waals surface area contributed by atoms with Gasteiger partial charge in [0.2, 0.25) is 0 Å². The molecule has 124 valence electrons. The largest absolute Gasteiger partial charge is 0.357 e. The van der Waals surface area contributed by atoms with Crippen molar-refractivity contribution in [3.63, 3.8) is 0 Å². The Bertz CT molecular complexity index is 742. The van der Waals surface area contributed by atoms with Gasteiger partial charge in [-0.3, -0.25) is 4.79 Å². The Kier molecular flexibility index (Phi) is 4.58. The zero-order chi connectivity index (χ0) is 17.2. The maximum absolute atomic E-state index is 12.9. The third kappa shape index (κ3) is 3.15. The minimum Gasteiger partial charge on any atom is -0.357 e. The van der Waals surface area contributed by atoms with Gasteiger partial charge in [-0.05, 0) is 61.7 Å². The Morgan fingerprint density at radius 1 is 1.33 bits per heavy atom. The number of nitrogens with one attached hydrogen (secondary N) is 1. The van der Waals surface area contributed by atoms with Crippen molar-refractivity contribution in [3.8, 4) is 0 Å². The van der Waals surface area contributed by atoms with Crippen molar-refractivity contribution in [2.45, 2.75) is 25.3 Å². The minimum absolute atomic E-state index is 0.0474. The standard InChI is InChI=1S/C19H20ClN3O/c1-3-14-5-10-17(21-13-14)22-18(24)19(2)11-4-12-23(19)16-8-6-15(20)7-9-16/h3,5-10,13H,1,4,11-12H2,2H3,(H,21,22,24). The molecule has 1 aliphatic rings. The molecule has 2 heterocycles. The van der Waals surface area contributed by atoms with Gasteiger partial charge in [-0.25, -0.2) is 4.98 Å². The first-order valence-corrected chi connectivity index (χ1v) is 8.34. The second-order valence-electron chi connectivity index (χ2n) is 6.14. The molecule has 1 amide bonds. The van der Waals surface area contributed by atoms with Gasteiger partial charge < -0.3 is 10.2 Å². The average molecular weight is 342 g/mol. The van der Waals surface area contributed by atoms with E-state index in [1.165, 1.54) is 0 Å². The van der Waals surface area contributed by atoms with Crippen molar-refractivity contribution >= 4 is 35.1 Å². The molecule has 3 rings (SSSR count). The van der Waals surface area contributed by atoms with Crippen molar-refractivity contribution in [2.75, 3.05) is 16.8 Å². The molecule has 4 nitrogen and oxygen atoms in total. The summed E-state index contributed by atoms with van der Waals surface area (Å²) in [6, 6.07) is 11.3. The molecule has 1 aliphatic heterocycles. The van der Waals surface area contributed by atoms with Crippen molar-refractivity contribution in [1.82, 2.24) is 4.98 Å². The van der Waals surface area contributed by atoms with Crippen LogP contribution in [0.15, 0.2) is 49.2 Å². The van der Waals surface area contributed by atoms with E-state index in [9.17, 15) is 4.79 Å². The first kappa shape index (κ1) is 16.5. The van der Waals surface area contributed by atoms with Crippen LogP contribution in [0.3, 0.4) is 0 Å². The summed E-state index contributed by atoms with van der Waals surface area (Å²) < 4.78 is 0.